The van der Waals surface area contributed by atoms with Crippen LogP contribution in [0.2, 0.25) is 0 Å². The summed E-state index contributed by atoms with van der Waals surface area (Å²) >= 11 is 0. The van der Waals surface area contributed by atoms with Gasteiger partial charge in [-0.05, 0) is 43.5 Å². The molecule has 2 atom stereocenters. The highest BCUT2D eigenvalue weighted by atomic mass is 19.1. The number of hydrogen-bond acceptors (Lipinski definition) is 4. The van der Waals surface area contributed by atoms with Crippen LogP contribution in [0.15, 0.2) is 24.8 Å². The predicted octanol–water partition coefficient (Wildman–Crippen LogP) is 2.08. The molecular weight excluding hydrogens is 271 g/mol. The van der Waals surface area contributed by atoms with Crippen LogP contribution in [-0.2, 0) is 12.1 Å². The Hall–Kier alpha value is -2.26. The highest BCUT2D eigenvalue weighted by Crippen LogP contribution is 2.34. The molecule has 1 aromatic carbocycles. The van der Waals surface area contributed by atoms with Gasteiger partial charge in [0, 0.05) is 0 Å². The van der Waals surface area contributed by atoms with Crippen LogP contribution in [0, 0.1) is 36.9 Å². The Balaban J connectivity index is 2.55. The van der Waals surface area contributed by atoms with Gasteiger partial charge in [0.25, 0.3) is 0 Å². The average Bonchev–Trinajstić information content (AvgIpc) is 2.94. The summed E-state index contributed by atoms with van der Waals surface area (Å²) in [4.78, 5) is 3.82. The molecule has 0 bridgehead atoms. The normalized spacial score (nSPS) is 15.2. The molecule has 1 aromatic heterocycles. The molecule has 21 heavy (non-hydrogen) atoms. The third kappa shape index (κ3) is 2.78. The van der Waals surface area contributed by atoms with Crippen LogP contribution in [0.4, 0.5) is 4.39 Å². The lowest BCUT2D eigenvalue weighted by atomic mass is 9.80. The van der Waals surface area contributed by atoms with Crippen molar-refractivity contribution in [2.24, 2.45) is 5.92 Å². The maximum Gasteiger partial charge on any atom is 0.137 e. The van der Waals surface area contributed by atoms with Gasteiger partial charge in [0.2, 0.25) is 0 Å². The Morgan fingerprint density at radius 2 is 2.14 bits per heavy atom. The molecule has 0 radical (unpaired) electrons. The highest BCUT2D eigenvalue weighted by molar-refractivity contribution is 5.37. The Morgan fingerprint density at radius 3 is 2.71 bits per heavy atom. The fourth-order valence-corrected chi connectivity index (χ4v) is 2.42. The minimum absolute atomic E-state index is 0.0328. The smallest absolute Gasteiger partial charge is 0.137 e. The SMILES string of the molecule is Cc1cc(C)c(C(O)(Cn2cncn2)C(C)C#N)cc1F. The largest absolute Gasteiger partial charge is 0.382 e. The van der Waals surface area contributed by atoms with Crippen LogP contribution in [-0.4, -0.2) is 19.9 Å². The van der Waals surface area contributed by atoms with Gasteiger partial charge in [0.1, 0.15) is 24.1 Å². The predicted molar refractivity (Wildman–Crippen MR) is 74.6 cm³/mol. The van der Waals surface area contributed by atoms with E-state index in [9.17, 15) is 14.8 Å². The minimum Gasteiger partial charge on any atom is -0.382 e. The second-order valence-corrected chi connectivity index (χ2v) is 5.28. The number of aryl methyl sites for hydroxylation is 2. The molecular formula is C15H17FN4O. The van der Waals surface area contributed by atoms with Crippen molar-refractivity contribution in [2.45, 2.75) is 32.9 Å². The van der Waals surface area contributed by atoms with Crippen molar-refractivity contribution in [1.29, 1.82) is 5.26 Å². The van der Waals surface area contributed by atoms with Crippen LogP contribution < -0.4 is 0 Å². The van der Waals surface area contributed by atoms with Crippen LogP contribution in [0.5, 0.6) is 0 Å². The van der Waals surface area contributed by atoms with Crippen molar-refractivity contribution in [3.8, 4) is 6.07 Å². The van der Waals surface area contributed by atoms with Crippen molar-refractivity contribution in [1.82, 2.24) is 14.8 Å². The van der Waals surface area contributed by atoms with Crippen LogP contribution in [0.3, 0.4) is 0 Å². The van der Waals surface area contributed by atoms with E-state index in [0.29, 0.717) is 11.1 Å². The molecule has 5 nitrogen and oxygen atoms in total. The van der Waals surface area contributed by atoms with Gasteiger partial charge in [-0.15, -0.1) is 0 Å². The fourth-order valence-electron chi connectivity index (χ4n) is 2.42. The number of nitriles is 1. The fraction of sp³-hybridized carbons (Fsp3) is 0.400. The van der Waals surface area contributed by atoms with E-state index < -0.39 is 17.3 Å². The summed E-state index contributed by atoms with van der Waals surface area (Å²) in [6.45, 7) is 5.09. The van der Waals surface area contributed by atoms with Crippen LogP contribution in [0.25, 0.3) is 0 Å². The zero-order valence-electron chi connectivity index (χ0n) is 12.2. The lowest BCUT2D eigenvalue weighted by Crippen LogP contribution is -2.38. The average molecular weight is 288 g/mol. The Morgan fingerprint density at radius 1 is 1.43 bits per heavy atom. The molecule has 0 saturated carbocycles. The van der Waals surface area contributed by atoms with E-state index in [1.165, 1.54) is 23.4 Å². The number of halogens is 1. The number of benzene rings is 1. The summed E-state index contributed by atoms with van der Waals surface area (Å²) in [7, 11) is 0. The minimum atomic E-state index is -1.54. The van der Waals surface area contributed by atoms with Crippen molar-refractivity contribution < 1.29 is 9.50 Å². The second-order valence-electron chi connectivity index (χ2n) is 5.28. The zero-order chi connectivity index (χ0) is 15.6. The third-order valence-corrected chi connectivity index (χ3v) is 3.75. The molecule has 0 spiro atoms. The standard InChI is InChI=1S/C15H17FN4O/c1-10-4-11(2)14(16)5-13(10)15(21,12(3)6-17)7-20-9-18-8-19-20/h4-5,8-9,12,21H,7H2,1-3H3. The molecule has 6 heteroatoms. The molecule has 2 rings (SSSR count). The molecule has 1 heterocycles. The van der Waals surface area contributed by atoms with E-state index in [1.54, 1.807) is 26.8 Å². The van der Waals surface area contributed by atoms with Gasteiger partial charge in [-0.2, -0.15) is 10.4 Å². The first-order valence-corrected chi connectivity index (χ1v) is 6.60. The number of rotatable bonds is 4. The lowest BCUT2D eigenvalue weighted by Gasteiger charge is -2.32. The topological polar surface area (TPSA) is 74.7 Å². The monoisotopic (exact) mass is 288 g/mol. The first-order valence-electron chi connectivity index (χ1n) is 6.60. The van der Waals surface area contributed by atoms with Crippen molar-refractivity contribution >= 4 is 0 Å². The number of nitrogens with zero attached hydrogens (tertiary/aromatic N) is 4. The van der Waals surface area contributed by atoms with Crippen LogP contribution >= 0.6 is 0 Å². The summed E-state index contributed by atoms with van der Waals surface area (Å²) in [5.74, 6) is -1.14. The summed E-state index contributed by atoms with van der Waals surface area (Å²) in [5, 5.41) is 24.2. The molecule has 0 aliphatic rings. The van der Waals surface area contributed by atoms with Gasteiger partial charge in [-0.25, -0.2) is 14.1 Å². The molecule has 1 N–H and O–H groups in total. The molecule has 0 fully saturated rings. The summed E-state index contributed by atoms with van der Waals surface area (Å²) in [6.07, 6.45) is 2.80. The number of aromatic nitrogens is 3. The maximum atomic E-state index is 13.9. The van der Waals surface area contributed by atoms with E-state index in [0.717, 1.165) is 5.56 Å². The number of aliphatic hydroxyl groups is 1. The van der Waals surface area contributed by atoms with Gasteiger partial charge in [-0.1, -0.05) is 6.07 Å². The molecule has 2 unspecified atom stereocenters. The Bertz CT molecular complexity index is 678. The molecule has 0 aliphatic heterocycles. The number of hydrogen-bond donors (Lipinski definition) is 1. The van der Waals surface area contributed by atoms with E-state index in [4.69, 9.17) is 0 Å². The first-order chi connectivity index (χ1) is 9.88. The highest BCUT2D eigenvalue weighted by Gasteiger charge is 2.38. The molecule has 110 valence electrons. The van der Waals surface area contributed by atoms with E-state index in [1.807, 2.05) is 6.07 Å². The van der Waals surface area contributed by atoms with Gasteiger partial charge in [0.05, 0.1) is 18.5 Å². The van der Waals surface area contributed by atoms with Crippen molar-refractivity contribution in [3.63, 3.8) is 0 Å². The summed E-state index contributed by atoms with van der Waals surface area (Å²) < 4.78 is 15.3. The van der Waals surface area contributed by atoms with E-state index >= 15 is 0 Å². The van der Waals surface area contributed by atoms with Gasteiger partial charge >= 0.3 is 0 Å². The Labute approximate surface area is 122 Å². The lowest BCUT2D eigenvalue weighted by molar-refractivity contribution is -0.0174. The molecule has 0 amide bonds. The molecule has 2 aromatic rings. The Kier molecular flexibility index (Phi) is 4.05. The third-order valence-electron chi connectivity index (χ3n) is 3.75. The first kappa shape index (κ1) is 15.1. The van der Waals surface area contributed by atoms with E-state index in [2.05, 4.69) is 10.1 Å². The molecule has 0 saturated heterocycles. The van der Waals surface area contributed by atoms with Gasteiger partial charge < -0.3 is 5.11 Å². The summed E-state index contributed by atoms with van der Waals surface area (Å²) in [5.41, 5.74) is 0.0962. The quantitative estimate of drug-likeness (QED) is 0.934. The molecule has 0 aliphatic carbocycles. The van der Waals surface area contributed by atoms with Crippen molar-refractivity contribution in [2.75, 3.05) is 0 Å². The van der Waals surface area contributed by atoms with Gasteiger partial charge in [0.15, 0.2) is 0 Å². The summed E-state index contributed by atoms with van der Waals surface area (Å²) in [6, 6.07) is 5.01. The van der Waals surface area contributed by atoms with Crippen molar-refractivity contribution in [3.05, 3.63) is 47.3 Å². The van der Waals surface area contributed by atoms with Gasteiger partial charge in [-0.3, -0.25) is 0 Å². The maximum absolute atomic E-state index is 13.9. The van der Waals surface area contributed by atoms with Crippen LogP contribution in [0.1, 0.15) is 23.6 Å². The zero-order valence-corrected chi connectivity index (χ0v) is 12.2. The van der Waals surface area contributed by atoms with E-state index in [-0.39, 0.29) is 6.54 Å². The second kappa shape index (κ2) is 5.62.